The van der Waals surface area contributed by atoms with Gasteiger partial charge in [0, 0.05) is 19.6 Å². The highest BCUT2D eigenvalue weighted by molar-refractivity contribution is 7.07. The highest BCUT2D eigenvalue weighted by Crippen LogP contribution is 2.30. The highest BCUT2D eigenvalue weighted by atomic mass is 32.1. The van der Waals surface area contributed by atoms with E-state index in [4.69, 9.17) is 9.47 Å². The van der Waals surface area contributed by atoms with Crippen LogP contribution in [0.1, 0.15) is 18.4 Å². The molecule has 1 spiro atoms. The van der Waals surface area contributed by atoms with Gasteiger partial charge in [-0.3, -0.25) is 4.79 Å². The summed E-state index contributed by atoms with van der Waals surface area (Å²) in [6.45, 7) is 3.32. The topological polar surface area (TPSA) is 38.8 Å². The highest BCUT2D eigenvalue weighted by Gasteiger charge is 2.45. The minimum Gasteiger partial charge on any atom is -0.379 e. The van der Waals surface area contributed by atoms with E-state index in [0.29, 0.717) is 32.8 Å². The lowest BCUT2D eigenvalue weighted by atomic mass is 9.95. The second kappa shape index (κ2) is 5.61. The average Bonchev–Trinajstić information content (AvgIpc) is 3.09. The summed E-state index contributed by atoms with van der Waals surface area (Å²) < 4.78 is 11.1. The molecule has 1 amide bonds. The van der Waals surface area contributed by atoms with Gasteiger partial charge < -0.3 is 14.4 Å². The molecule has 2 aliphatic rings. The summed E-state index contributed by atoms with van der Waals surface area (Å²) in [5.41, 5.74) is 1.06. The van der Waals surface area contributed by atoms with E-state index in [9.17, 15) is 4.79 Å². The summed E-state index contributed by atoms with van der Waals surface area (Å²) in [7, 11) is 0. The Hall–Kier alpha value is -0.910. The molecule has 4 nitrogen and oxygen atoms in total. The Labute approximate surface area is 117 Å². The largest absolute Gasteiger partial charge is 0.379 e. The molecular formula is C14H19NO3S. The van der Waals surface area contributed by atoms with Crippen LogP contribution in [0.15, 0.2) is 16.8 Å². The molecule has 0 aromatic carbocycles. The lowest BCUT2D eigenvalue weighted by Gasteiger charge is -2.43. The van der Waals surface area contributed by atoms with Crippen molar-refractivity contribution in [2.24, 2.45) is 0 Å². The van der Waals surface area contributed by atoms with Gasteiger partial charge in [0.05, 0.1) is 25.4 Å². The number of aryl methyl sites for hydroxylation is 1. The molecule has 2 fully saturated rings. The Kier molecular flexibility index (Phi) is 3.86. The molecule has 2 saturated heterocycles. The SMILES string of the molecule is O=C(CCc1ccsc1)N1CCOC[C@@]12CCOC2. The van der Waals surface area contributed by atoms with Gasteiger partial charge >= 0.3 is 0 Å². The van der Waals surface area contributed by atoms with Gasteiger partial charge in [0.2, 0.25) is 5.91 Å². The van der Waals surface area contributed by atoms with E-state index >= 15 is 0 Å². The van der Waals surface area contributed by atoms with Crippen LogP contribution in [-0.4, -0.2) is 49.3 Å². The summed E-state index contributed by atoms with van der Waals surface area (Å²) in [6.07, 6.45) is 2.31. The maximum absolute atomic E-state index is 12.5. The predicted molar refractivity (Wildman–Crippen MR) is 73.3 cm³/mol. The maximum atomic E-state index is 12.5. The standard InChI is InChI=1S/C14H19NO3S/c16-13(2-1-12-3-8-19-9-12)15-5-7-18-11-14(15)4-6-17-10-14/h3,8-9H,1-2,4-7,10-11H2/t14-/m0/s1. The molecule has 2 aliphatic heterocycles. The van der Waals surface area contributed by atoms with Crippen LogP contribution >= 0.6 is 11.3 Å². The van der Waals surface area contributed by atoms with Crippen molar-refractivity contribution in [3.8, 4) is 0 Å². The number of carbonyl (C=O) groups excluding carboxylic acids is 1. The lowest BCUT2D eigenvalue weighted by Crippen LogP contribution is -2.59. The van der Waals surface area contributed by atoms with Crippen LogP contribution in [0.2, 0.25) is 0 Å². The summed E-state index contributed by atoms with van der Waals surface area (Å²) in [5, 5.41) is 4.17. The van der Waals surface area contributed by atoms with Crippen molar-refractivity contribution in [1.82, 2.24) is 4.90 Å². The van der Waals surface area contributed by atoms with Crippen LogP contribution < -0.4 is 0 Å². The van der Waals surface area contributed by atoms with Gasteiger partial charge in [-0.05, 0) is 35.2 Å². The Morgan fingerprint density at radius 1 is 1.37 bits per heavy atom. The number of thiophene rings is 1. The van der Waals surface area contributed by atoms with Crippen molar-refractivity contribution in [2.45, 2.75) is 24.8 Å². The fraction of sp³-hybridized carbons (Fsp3) is 0.643. The fourth-order valence-electron chi connectivity index (χ4n) is 2.87. The zero-order valence-corrected chi connectivity index (χ0v) is 11.8. The smallest absolute Gasteiger partial charge is 0.223 e. The van der Waals surface area contributed by atoms with E-state index in [2.05, 4.69) is 16.8 Å². The van der Waals surface area contributed by atoms with Crippen molar-refractivity contribution in [1.29, 1.82) is 0 Å². The van der Waals surface area contributed by atoms with E-state index in [1.807, 2.05) is 4.90 Å². The number of hydrogen-bond donors (Lipinski definition) is 0. The van der Waals surface area contributed by atoms with E-state index in [0.717, 1.165) is 19.4 Å². The molecule has 1 aromatic rings. The average molecular weight is 281 g/mol. The van der Waals surface area contributed by atoms with Gasteiger partial charge in [-0.25, -0.2) is 0 Å². The van der Waals surface area contributed by atoms with Crippen molar-refractivity contribution >= 4 is 17.2 Å². The Morgan fingerprint density at radius 3 is 2.95 bits per heavy atom. The molecule has 5 heteroatoms. The molecular weight excluding hydrogens is 262 g/mol. The molecule has 104 valence electrons. The third-order valence-electron chi connectivity index (χ3n) is 3.99. The molecule has 19 heavy (non-hydrogen) atoms. The number of carbonyl (C=O) groups is 1. The first-order valence-corrected chi connectivity index (χ1v) is 7.71. The molecule has 1 aromatic heterocycles. The van der Waals surface area contributed by atoms with E-state index in [1.54, 1.807) is 11.3 Å². The van der Waals surface area contributed by atoms with Gasteiger partial charge in [-0.2, -0.15) is 11.3 Å². The number of rotatable bonds is 3. The second-order valence-corrected chi connectivity index (χ2v) is 6.04. The molecule has 0 N–H and O–H groups in total. The van der Waals surface area contributed by atoms with Crippen molar-refractivity contribution in [3.63, 3.8) is 0 Å². The lowest BCUT2D eigenvalue weighted by molar-refractivity contribution is -0.149. The summed E-state index contributed by atoms with van der Waals surface area (Å²) in [4.78, 5) is 14.5. The Balaban J connectivity index is 1.63. The zero-order chi connectivity index (χ0) is 13.1. The van der Waals surface area contributed by atoms with Crippen LogP contribution in [0.3, 0.4) is 0 Å². The number of nitrogens with zero attached hydrogens (tertiary/aromatic N) is 1. The minimum atomic E-state index is -0.190. The molecule has 3 heterocycles. The van der Waals surface area contributed by atoms with Crippen LogP contribution in [0, 0.1) is 0 Å². The summed E-state index contributed by atoms with van der Waals surface area (Å²) >= 11 is 1.68. The van der Waals surface area contributed by atoms with Crippen molar-refractivity contribution < 1.29 is 14.3 Å². The monoisotopic (exact) mass is 281 g/mol. The van der Waals surface area contributed by atoms with Crippen LogP contribution in [0.25, 0.3) is 0 Å². The summed E-state index contributed by atoms with van der Waals surface area (Å²) in [6, 6.07) is 2.09. The third-order valence-corrected chi connectivity index (χ3v) is 4.73. The first-order chi connectivity index (χ1) is 9.30. The molecule has 0 bridgehead atoms. The van der Waals surface area contributed by atoms with Gasteiger partial charge in [0.25, 0.3) is 0 Å². The molecule has 0 aliphatic carbocycles. The normalized spacial score (nSPS) is 27.1. The molecule has 3 rings (SSSR count). The number of morpholine rings is 1. The molecule has 0 saturated carbocycles. The number of amides is 1. The summed E-state index contributed by atoms with van der Waals surface area (Å²) in [5.74, 6) is 0.236. The molecule has 0 radical (unpaired) electrons. The fourth-order valence-corrected chi connectivity index (χ4v) is 3.57. The first kappa shape index (κ1) is 13.1. The Bertz CT molecular complexity index is 426. The maximum Gasteiger partial charge on any atom is 0.223 e. The van der Waals surface area contributed by atoms with Crippen LogP contribution in [-0.2, 0) is 20.7 Å². The quantitative estimate of drug-likeness (QED) is 0.846. The zero-order valence-electron chi connectivity index (χ0n) is 11.0. The third kappa shape index (κ3) is 2.68. The first-order valence-electron chi connectivity index (χ1n) is 6.77. The van der Waals surface area contributed by atoms with E-state index in [-0.39, 0.29) is 11.4 Å². The minimum absolute atomic E-state index is 0.190. The predicted octanol–water partition coefficient (Wildman–Crippen LogP) is 1.70. The van der Waals surface area contributed by atoms with Gasteiger partial charge in [-0.1, -0.05) is 0 Å². The number of hydrogen-bond acceptors (Lipinski definition) is 4. The molecule has 0 unspecified atom stereocenters. The van der Waals surface area contributed by atoms with E-state index in [1.165, 1.54) is 5.56 Å². The van der Waals surface area contributed by atoms with Crippen molar-refractivity contribution in [3.05, 3.63) is 22.4 Å². The van der Waals surface area contributed by atoms with Gasteiger partial charge in [0.15, 0.2) is 0 Å². The van der Waals surface area contributed by atoms with Crippen LogP contribution in [0.4, 0.5) is 0 Å². The van der Waals surface area contributed by atoms with Gasteiger partial charge in [0.1, 0.15) is 0 Å². The number of ether oxygens (including phenoxy) is 2. The van der Waals surface area contributed by atoms with Crippen LogP contribution in [0.5, 0.6) is 0 Å². The van der Waals surface area contributed by atoms with Crippen molar-refractivity contribution in [2.75, 3.05) is 33.0 Å². The second-order valence-electron chi connectivity index (χ2n) is 5.26. The van der Waals surface area contributed by atoms with E-state index < -0.39 is 0 Å². The van der Waals surface area contributed by atoms with Gasteiger partial charge in [-0.15, -0.1) is 0 Å². The Morgan fingerprint density at radius 2 is 2.21 bits per heavy atom. The molecule has 1 atom stereocenters.